The second-order valence-corrected chi connectivity index (χ2v) is 4.92. The van der Waals surface area contributed by atoms with Crippen LogP contribution in [0.1, 0.15) is 17.7 Å². The van der Waals surface area contributed by atoms with Crippen molar-refractivity contribution in [3.05, 3.63) is 35.0 Å². The van der Waals surface area contributed by atoms with Gasteiger partial charge < -0.3 is 10.0 Å². The molecule has 0 saturated heterocycles. The number of carboxylic acid groups (broad SMARTS) is 1. The summed E-state index contributed by atoms with van der Waals surface area (Å²) in [5, 5.41) is 10.7. The maximum atomic E-state index is 11.8. The van der Waals surface area contributed by atoms with Crippen molar-refractivity contribution in [1.82, 2.24) is 4.90 Å². The predicted molar refractivity (Wildman–Crippen MR) is 71.7 cm³/mol. The topological polar surface area (TPSA) is 57.6 Å². The molecule has 18 heavy (non-hydrogen) atoms. The lowest BCUT2D eigenvalue weighted by atomic mass is 10.2. The number of carboxylic acids is 1. The number of thiophene rings is 1. The van der Waals surface area contributed by atoms with E-state index in [9.17, 15) is 9.59 Å². The molecule has 0 aliphatic heterocycles. The Morgan fingerprint density at radius 1 is 1.50 bits per heavy atom. The average molecular weight is 267 g/mol. The van der Waals surface area contributed by atoms with Crippen molar-refractivity contribution in [3.63, 3.8) is 0 Å². The summed E-state index contributed by atoms with van der Waals surface area (Å²) >= 11 is 1.67. The minimum Gasteiger partial charge on any atom is -0.480 e. The molecule has 0 saturated carbocycles. The molecule has 1 heterocycles. The molecule has 0 aliphatic carbocycles. The fourth-order valence-corrected chi connectivity index (χ4v) is 2.35. The molecular weight excluding hydrogens is 250 g/mol. The molecule has 1 aromatic heterocycles. The molecule has 0 fully saturated rings. The van der Waals surface area contributed by atoms with Crippen LogP contribution in [0.3, 0.4) is 0 Å². The van der Waals surface area contributed by atoms with Gasteiger partial charge in [0.1, 0.15) is 6.54 Å². The van der Waals surface area contributed by atoms with Crippen molar-refractivity contribution in [1.29, 1.82) is 0 Å². The first kappa shape index (κ1) is 14.4. The van der Waals surface area contributed by atoms with E-state index in [1.165, 1.54) is 9.78 Å². The Hall–Kier alpha value is -1.62. The Bertz CT molecular complexity index is 400. The molecule has 1 amide bonds. The van der Waals surface area contributed by atoms with E-state index in [4.69, 9.17) is 5.11 Å². The van der Waals surface area contributed by atoms with Crippen molar-refractivity contribution in [2.75, 3.05) is 13.1 Å². The van der Waals surface area contributed by atoms with Crippen molar-refractivity contribution >= 4 is 23.2 Å². The fourth-order valence-electron chi connectivity index (χ4n) is 1.60. The Labute approximate surface area is 111 Å². The van der Waals surface area contributed by atoms with Gasteiger partial charge >= 0.3 is 5.97 Å². The average Bonchev–Trinajstić information content (AvgIpc) is 2.81. The SMILES string of the molecule is C=CCN(CC(=O)O)C(=O)CCCc1cccs1. The van der Waals surface area contributed by atoms with Gasteiger partial charge in [-0.25, -0.2) is 0 Å². The predicted octanol–water partition coefficient (Wildman–Crippen LogP) is 2.17. The summed E-state index contributed by atoms with van der Waals surface area (Å²) in [4.78, 5) is 25.0. The van der Waals surface area contributed by atoms with Crippen molar-refractivity contribution in [2.45, 2.75) is 19.3 Å². The van der Waals surface area contributed by atoms with Crippen LogP contribution in [0.2, 0.25) is 0 Å². The number of aliphatic carboxylic acids is 1. The summed E-state index contributed by atoms with van der Waals surface area (Å²) in [7, 11) is 0. The molecule has 0 aromatic carbocycles. The van der Waals surface area contributed by atoms with Gasteiger partial charge in [-0.15, -0.1) is 17.9 Å². The molecule has 98 valence electrons. The molecule has 0 spiro atoms. The minimum atomic E-state index is -0.997. The van der Waals surface area contributed by atoms with E-state index in [-0.39, 0.29) is 19.0 Å². The van der Waals surface area contributed by atoms with Gasteiger partial charge in [0.15, 0.2) is 0 Å². The third-order valence-corrected chi connectivity index (χ3v) is 3.36. The van der Waals surface area contributed by atoms with Gasteiger partial charge in [-0.3, -0.25) is 9.59 Å². The van der Waals surface area contributed by atoms with Crippen LogP contribution in [0.15, 0.2) is 30.2 Å². The van der Waals surface area contributed by atoms with Gasteiger partial charge in [-0.05, 0) is 24.3 Å². The molecule has 0 bridgehead atoms. The molecule has 1 aromatic rings. The second-order valence-electron chi connectivity index (χ2n) is 3.89. The number of hydrogen-bond acceptors (Lipinski definition) is 3. The molecule has 4 nitrogen and oxygen atoms in total. The first-order valence-corrected chi connectivity index (χ1v) is 6.64. The van der Waals surface area contributed by atoms with E-state index in [0.29, 0.717) is 6.42 Å². The summed E-state index contributed by atoms with van der Waals surface area (Å²) in [6, 6.07) is 4.02. The molecule has 1 N–H and O–H groups in total. The summed E-state index contributed by atoms with van der Waals surface area (Å²) in [6.07, 6.45) is 3.52. The Morgan fingerprint density at radius 3 is 2.83 bits per heavy atom. The highest BCUT2D eigenvalue weighted by molar-refractivity contribution is 7.09. The maximum Gasteiger partial charge on any atom is 0.323 e. The van der Waals surface area contributed by atoms with Gasteiger partial charge in [0, 0.05) is 17.8 Å². The number of aryl methyl sites for hydroxylation is 1. The van der Waals surface area contributed by atoms with Gasteiger partial charge in [-0.1, -0.05) is 12.1 Å². The van der Waals surface area contributed by atoms with Crippen LogP contribution in [0.4, 0.5) is 0 Å². The monoisotopic (exact) mass is 267 g/mol. The van der Waals surface area contributed by atoms with Crippen LogP contribution < -0.4 is 0 Å². The fraction of sp³-hybridized carbons (Fsp3) is 0.385. The standard InChI is InChI=1S/C13H17NO3S/c1-2-8-14(10-13(16)17)12(15)7-3-5-11-6-4-9-18-11/h2,4,6,9H,1,3,5,7-8,10H2,(H,16,17). The Balaban J connectivity index is 2.36. The number of hydrogen-bond donors (Lipinski definition) is 1. The van der Waals surface area contributed by atoms with Crippen LogP contribution in [-0.4, -0.2) is 35.0 Å². The van der Waals surface area contributed by atoms with Crippen LogP contribution >= 0.6 is 11.3 Å². The first-order valence-electron chi connectivity index (χ1n) is 5.76. The van der Waals surface area contributed by atoms with Crippen molar-refractivity contribution in [2.24, 2.45) is 0 Å². The highest BCUT2D eigenvalue weighted by atomic mass is 32.1. The van der Waals surface area contributed by atoms with Gasteiger partial charge in [-0.2, -0.15) is 0 Å². The summed E-state index contributed by atoms with van der Waals surface area (Å²) in [5.41, 5.74) is 0. The highest BCUT2D eigenvalue weighted by Crippen LogP contribution is 2.12. The number of carbonyl (C=O) groups excluding carboxylic acids is 1. The van der Waals surface area contributed by atoms with Gasteiger partial charge in [0.2, 0.25) is 5.91 Å². The third kappa shape index (κ3) is 5.14. The second kappa shape index (κ2) is 7.66. The van der Waals surface area contributed by atoms with Gasteiger partial charge in [0.25, 0.3) is 0 Å². The highest BCUT2D eigenvalue weighted by Gasteiger charge is 2.14. The summed E-state index contributed by atoms with van der Waals surface area (Å²) in [5.74, 6) is -1.13. The minimum absolute atomic E-state index is 0.131. The van der Waals surface area contributed by atoms with Crippen molar-refractivity contribution < 1.29 is 14.7 Å². The van der Waals surface area contributed by atoms with Crippen LogP contribution in [0.5, 0.6) is 0 Å². The molecule has 1 rings (SSSR count). The quantitative estimate of drug-likeness (QED) is 0.734. The van der Waals surface area contributed by atoms with Crippen LogP contribution in [0, 0.1) is 0 Å². The lowest BCUT2D eigenvalue weighted by molar-refractivity contribution is -0.144. The molecule has 5 heteroatoms. The first-order chi connectivity index (χ1) is 8.63. The summed E-state index contributed by atoms with van der Waals surface area (Å²) < 4.78 is 0. The normalized spacial score (nSPS) is 10.0. The molecule has 0 aliphatic rings. The van der Waals surface area contributed by atoms with Gasteiger partial charge in [0.05, 0.1) is 0 Å². The molecule has 0 unspecified atom stereocenters. The maximum absolute atomic E-state index is 11.8. The van der Waals surface area contributed by atoms with Crippen molar-refractivity contribution in [3.8, 4) is 0 Å². The molecule has 0 atom stereocenters. The summed E-state index contributed by atoms with van der Waals surface area (Å²) in [6.45, 7) is 3.55. The van der Waals surface area contributed by atoms with E-state index in [1.54, 1.807) is 17.4 Å². The van der Waals surface area contributed by atoms with E-state index in [0.717, 1.165) is 12.8 Å². The smallest absolute Gasteiger partial charge is 0.323 e. The molecular formula is C13H17NO3S. The van der Waals surface area contributed by atoms with Crippen LogP contribution in [0.25, 0.3) is 0 Å². The zero-order chi connectivity index (χ0) is 13.4. The zero-order valence-electron chi connectivity index (χ0n) is 10.2. The largest absolute Gasteiger partial charge is 0.480 e. The number of carbonyl (C=O) groups is 2. The third-order valence-electron chi connectivity index (χ3n) is 2.42. The van der Waals surface area contributed by atoms with Crippen LogP contribution in [-0.2, 0) is 16.0 Å². The Morgan fingerprint density at radius 2 is 2.28 bits per heavy atom. The van der Waals surface area contributed by atoms with E-state index >= 15 is 0 Å². The molecule has 0 radical (unpaired) electrons. The van der Waals surface area contributed by atoms with E-state index in [1.807, 2.05) is 17.5 Å². The zero-order valence-corrected chi connectivity index (χ0v) is 11.0. The Kier molecular flexibility index (Phi) is 6.14. The van der Waals surface area contributed by atoms with E-state index < -0.39 is 5.97 Å². The number of nitrogens with zero attached hydrogens (tertiary/aromatic N) is 1. The van der Waals surface area contributed by atoms with E-state index in [2.05, 4.69) is 6.58 Å². The number of rotatable bonds is 8. The lowest BCUT2D eigenvalue weighted by Gasteiger charge is -2.18. The number of amides is 1. The lowest BCUT2D eigenvalue weighted by Crippen LogP contribution is -2.35.